The molecule has 17 heavy (non-hydrogen) atoms. The van der Waals surface area contributed by atoms with E-state index in [4.69, 9.17) is 9.47 Å². The zero-order valence-electron chi connectivity index (χ0n) is 10.2. The normalized spacial score (nSPS) is 12.0. The molecule has 0 fully saturated rings. The number of hydrogen-bond donors (Lipinski definition) is 3. The molecule has 1 unspecified atom stereocenters. The number of aromatic nitrogens is 2. The summed E-state index contributed by atoms with van der Waals surface area (Å²) in [4.78, 5) is 8.07. The maximum atomic E-state index is 9.51. The summed E-state index contributed by atoms with van der Waals surface area (Å²) >= 11 is 0. The van der Waals surface area contributed by atoms with Gasteiger partial charge < -0.3 is 25.2 Å². The van der Waals surface area contributed by atoms with Crippen molar-refractivity contribution in [3.63, 3.8) is 0 Å². The molecule has 0 bridgehead atoms. The van der Waals surface area contributed by atoms with Gasteiger partial charge in [0.25, 0.3) is 0 Å². The molecular weight excluding hydrogens is 224 g/mol. The van der Waals surface area contributed by atoms with Crippen LogP contribution in [0.3, 0.4) is 0 Å². The van der Waals surface area contributed by atoms with Crippen molar-refractivity contribution in [3.8, 4) is 5.75 Å². The second-order valence-corrected chi connectivity index (χ2v) is 3.34. The van der Waals surface area contributed by atoms with E-state index in [2.05, 4.69) is 20.6 Å². The van der Waals surface area contributed by atoms with Gasteiger partial charge in [0, 0.05) is 20.7 Å². The van der Waals surface area contributed by atoms with E-state index in [1.807, 2.05) is 0 Å². The van der Waals surface area contributed by atoms with Gasteiger partial charge in [-0.25, -0.2) is 9.97 Å². The van der Waals surface area contributed by atoms with Crippen LogP contribution in [-0.2, 0) is 4.74 Å². The monoisotopic (exact) mass is 242 g/mol. The molecule has 1 atom stereocenters. The van der Waals surface area contributed by atoms with Crippen LogP contribution in [0, 0.1) is 0 Å². The van der Waals surface area contributed by atoms with Crippen molar-refractivity contribution in [1.82, 2.24) is 9.97 Å². The highest BCUT2D eigenvalue weighted by Crippen LogP contribution is 2.28. The van der Waals surface area contributed by atoms with Gasteiger partial charge in [-0.05, 0) is 0 Å². The van der Waals surface area contributed by atoms with Crippen molar-refractivity contribution in [1.29, 1.82) is 0 Å². The van der Waals surface area contributed by atoms with Gasteiger partial charge >= 0.3 is 0 Å². The van der Waals surface area contributed by atoms with E-state index in [1.165, 1.54) is 20.5 Å². The predicted molar refractivity (Wildman–Crippen MR) is 64.5 cm³/mol. The summed E-state index contributed by atoms with van der Waals surface area (Å²) in [6.45, 7) is 0.587. The minimum absolute atomic E-state index is 0.263. The third-order valence-electron chi connectivity index (χ3n) is 2.11. The summed E-state index contributed by atoms with van der Waals surface area (Å²) in [7, 11) is 4.82. The lowest BCUT2D eigenvalue weighted by molar-refractivity contribution is 0.0727. The molecule has 1 aromatic heterocycles. The first-order valence-electron chi connectivity index (χ1n) is 5.20. The number of anilines is 2. The zero-order chi connectivity index (χ0) is 12.7. The van der Waals surface area contributed by atoms with E-state index in [0.29, 0.717) is 23.9 Å². The lowest BCUT2D eigenvalue weighted by Gasteiger charge is -2.14. The Labute approximate surface area is 100 Å². The van der Waals surface area contributed by atoms with Crippen LogP contribution in [0.4, 0.5) is 11.6 Å². The SMILES string of the molecule is CNc1ncnc(NCC(O)COC)c1OC. The van der Waals surface area contributed by atoms with Gasteiger partial charge in [-0.2, -0.15) is 0 Å². The van der Waals surface area contributed by atoms with E-state index in [1.54, 1.807) is 7.05 Å². The predicted octanol–water partition coefficient (Wildman–Crippen LogP) is -0.0539. The topological polar surface area (TPSA) is 88.5 Å². The molecule has 0 aliphatic rings. The third kappa shape index (κ3) is 3.72. The zero-order valence-corrected chi connectivity index (χ0v) is 10.2. The van der Waals surface area contributed by atoms with Crippen LogP contribution in [0.15, 0.2) is 6.33 Å². The van der Waals surface area contributed by atoms with E-state index in [0.717, 1.165) is 0 Å². The van der Waals surface area contributed by atoms with Crippen LogP contribution in [0.5, 0.6) is 5.75 Å². The fraction of sp³-hybridized carbons (Fsp3) is 0.600. The number of rotatable bonds is 7. The average molecular weight is 242 g/mol. The lowest BCUT2D eigenvalue weighted by atomic mass is 10.3. The second-order valence-electron chi connectivity index (χ2n) is 3.34. The fourth-order valence-corrected chi connectivity index (χ4v) is 1.34. The van der Waals surface area contributed by atoms with E-state index in [9.17, 15) is 5.11 Å². The number of aliphatic hydroxyl groups excluding tert-OH is 1. The highest BCUT2D eigenvalue weighted by molar-refractivity contribution is 5.63. The molecule has 7 nitrogen and oxygen atoms in total. The van der Waals surface area contributed by atoms with Crippen LogP contribution in [0.25, 0.3) is 0 Å². The highest BCUT2D eigenvalue weighted by atomic mass is 16.5. The van der Waals surface area contributed by atoms with Gasteiger partial charge in [-0.15, -0.1) is 0 Å². The Morgan fingerprint density at radius 2 is 2.06 bits per heavy atom. The summed E-state index contributed by atoms with van der Waals surface area (Å²) < 4.78 is 10.0. The maximum Gasteiger partial charge on any atom is 0.204 e. The molecule has 0 amide bonds. The largest absolute Gasteiger partial charge is 0.490 e. The Kier molecular flexibility index (Phi) is 5.44. The van der Waals surface area contributed by atoms with Gasteiger partial charge in [0.05, 0.1) is 19.8 Å². The molecule has 96 valence electrons. The Morgan fingerprint density at radius 1 is 1.35 bits per heavy atom. The van der Waals surface area contributed by atoms with Crippen molar-refractivity contribution in [2.24, 2.45) is 0 Å². The molecule has 1 rings (SSSR count). The fourth-order valence-electron chi connectivity index (χ4n) is 1.34. The quantitative estimate of drug-likeness (QED) is 0.617. The Morgan fingerprint density at radius 3 is 2.65 bits per heavy atom. The Bertz CT molecular complexity index is 348. The number of nitrogens with zero attached hydrogens (tertiary/aromatic N) is 2. The molecule has 0 aliphatic heterocycles. The van der Waals surface area contributed by atoms with Gasteiger partial charge in [0.2, 0.25) is 5.75 Å². The molecule has 0 aliphatic carbocycles. The summed E-state index contributed by atoms with van der Waals surface area (Å²) in [5.74, 6) is 1.63. The molecule has 7 heteroatoms. The number of ether oxygens (including phenoxy) is 2. The minimum atomic E-state index is -0.599. The van der Waals surface area contributed by atoms with Crippen molar-refractivity contribution in [2.45, 2.75) is 6.10 Å². The summed E-state index contributed by atoms with van der Waals surface area (Å²) in [6.07, 6.45) is 0.817. The standard InChI is InChI=1S/C10H18N4O3/c1-11-9-8(17-3)10(14-6-13-9)12-4-7(15)5-16-2/h6-7,15H,4-5H2,1-3H3,(H2,11,12,13,14). The Balaban J connectivity index is 2.70. The van der Waals surface area contributed by atoms with Crippen LogP contribution in [0.2, 0.25) is 0 Å². The van der Waals surface area contributed by atoms with Gasteiger partial charge in [0.15, 0.2) is 11.6 Å². The summed E-state index contributed by atoms with van der Waals surface area (Å²) in [5, 5.41) is 15.4. The smallest absolute Gasteiger partial charge is 0.204 e. The summed E-state index contributed by atoms with van der Waals surface area (Å²) in [6, 6.07) is 0. The number of nitrogens with one attached hydrogen (secondary N) is 2. The minimum Gasteiger partial charge on any atom is -0.490 e. The van der Waals surface area contributed by atoms with Crippen LogP contribution < -0.4 is 15.4 Å². The van der Waals surface area contributed by atoms with E-state index in [-0.39, 0.29) is 6.61 Å². The van der Waals surface area contributed by atoms with Crippen molar-refractivity contribution >= 4 is 11.6 Å². The average Bonchev–Trinajstić information content (AvgIpc) is 2.36. The number of hydrogen-bond acceptors (Lipinski definition) is 7. The number of methoxy groups -OCH3 is 2. The van der Waals surface area contributed by atoms with Crippen molar-refractivity contribution < 1.29 is 14.6 Å². The molecule has 1 aromatic rings. The molecule has 0 radical (unpaired) electrons. The molecule has 0 saturated heterocycles. The van der Waals surface area contributed by atoms with Crippen molar-refractivity contribution in [2.75, 3.05) is 45.1 Å². The van der Waals surface area contributed by atoms with Crippen molar-refractivity contribution in [3.05, 3.63) is 6.33 Å². The Hall–Kier alpha value is -1.60. The van der Waals surface area contributed by atoms with Gasteiger partial charge in [0.1, 0.15) is 6.33 Å². The van der Waals surface area contributed by atoms with E-state index < -0.39 is 6.10 Å². The second kappa shape index (κ2) is 6.87. The maximum absolute atomic E-state index is 9.51. The molecular formula is C10H18N4O3. The molecule has 1 heterocycles. The van der Waals surface area contributed by atoms with Crippen LogP contribution >= 0.6 is 0 Å². The molecule has 0 spiro atoms. The van der Waals surface area contributed by atoms with Gasteiger partial charge in [-0.1, -0.05) is 0 Å². The van der Waals surface area contributed by atoms with Gasteiger partial charge in [-0.3, -0.25) is 0 Å². The molecule has 3 N–H and O–H groups in total. The number of aliphatic hydroxyl groups is 1. The summed E-state index contributed by atoms with van der Waals surface area (Å²) in [5.41, 5.74) is 0. The first-order valence-corrected chi connectivity index (χ1v) is 5.20. The van der Waals surface area contributed by atoms with E-state index >= 15 is 0 Å². The highest BCUT2D eigenvalue weighted by Gasteiger charge is 2.12. The molecule has 0 aromatic carbocycles. The lowest BCUT2D eigenvalue weighted by Crippen LogP contribution is -2.24. The van der Waals surface area contributed by atoms with Crippen LogP contribution in [0.1, 0.15) is 0 Å². The first kappa shape index (κ1) is 13.5. The third-order valence-corrected chi connectivity index (χ3v) is 2.11. The van der Waals surface area contributed by atoms with Crippen LogP contribution in [-0.4, -0.2) is 55.6 Å². The molecule has 0 saturated carbocycles. The first-order chi connectivity index (χ1) is 8.22.